The molecule has 0 saturated heterocycles. The predicted molar refractivity (Wildman–Crippen MR) is 94.3 cm³/mol. The number of rotatable bonds is 5. The summed E-state index contributed by atoms with van der Waals surface area (Å²) in [5, 5.41) is 5.94. The first-order valence-electron chi connectivity index (χ1n) is 7.52. The van der Waals surface area contributed by atoms with Gasteiger partial charge in [0.05, 0.1) is 6.42 Å². The molecule has 0 aliphatic heterocycles. The molecule has 2 aromatic carbocycles. The first-order valence-corrected chi connectivity index (χ1v) is 8.40. The van der Waals surface area contributed by atoms with E-state index in [9.17, 15) is 4.79 Å². The molecule has 0 unspecified atom stereocenters. The Morgan fingerprint density at radius 2 is 1.74 bits per heavy atom. The van der Waals surface area contributed by atoms with E-state index in [1.54, 1.807) is 17.5 Å². The highest BCUT2D eigenvalue weighted by molar-refractivity contribution is 7.13. The van der Waals surface area contributed by atoms with Crippen LogP contribution in [0.5, 0.6) is 0 Å². The zero-order valence-electron chi connectivity index (χ0n) is 13.0. The summed E-state index contributed by atoms with van der Waals surface area (Å²) in [6.07, 6.45) is 2.22. The van der Waals surface area contributed by atoms with Crippen LogP contribution in [0, 0.1) is 6.92 Å². The Labute approximate surface area is 140 Å². The lowest BCUT2D eigenvalue weighted by atomic mass is 10.1. The molecule has 0 radical (unpaired) electrons. The molecule has 0 atom stereocenters. The van der Waals surface area contributed by atoms with E-state index in [1.807, 2.05) is 60.8 Å². The fraction of sp³-hybridized carbons (Fsp3) is 0.158. The summed E-state index contributed by atoms with van der Waals surface area (Å²) < 4.78 is 0. The average Bonchev–Trinajstić information content (AvgIpc) is 3.10. The average molecular weight is 322 g/mol. The van der Waals surface area contributed by atoms with Gasteiger partial charge >= 0.3 is 0 Å². The number of carbonyl (C=O) groups is 1. The van der Waals surface area contributed by atoms with E-state index in [4.69, 9.17) is 0 Å². The number of carbonyl (C=O) groups excluding carboxylic acids is 1. The zero-order valence-corrected chi connectivity index (χ0v) is 13.8. The molecular weight excluding hydrogens is 304 g/mol. The smallest absolute Gasteiger partial charge is 0.224 e. The molecule has 0 bridgehead atoms. The van der Waals surface area contributed by atoms with Crippen molar-refractivity contribution in [2.75, 3.05) is 0 Å². The quantitative estimate of drug-likeness (QED) is 0.772. The summed E-state index contributed by atoms with van der Waals surface area (Å²) in [5.41, 5.74) is 4.43. The summed E-state index contributed by atoms with van der Waals surface area (Å²) in [4.78, 5) is 16.3. The Morgan fingerprint density at radius 3 is 2.39 bits per heavy atom. The Morgan fingerprint density at radius 1 is 1.04 bits per heavy atom. The van der Waals surface area contributed by atoms with Gasteiger partial charge in [-0.25, -0.2) is 4.98 Å². The van der Waals surface area contributed by atoms with Crippen molar-refractivity contribution in [1.29, 1.82) is 0 Å². The van der Waals surface area contributed by atoms with Crippen molar-refractivity contribution in [2.45, 2.75) is 19.9 Å². The van der Waals surface area contributed by atoms with Crippen molar-refractivity contribution in [3.8, 4) is 10.6 Å². The summed E-state index contributed by atoms with van der Waals surface area (Å²) >= 11 is 1.62. The number of nitrogens with one attached hydrogen (secondary N) is 1. The number of hydrogen-bond donors (Lipinski definition) is 1. The maximum atomic E-state index is 12.0. The maximum Gasteiger partial charge on any atom is 0.224 e. The Hall–Kier alpha value is -2.46. The number of thiazole rings is 1. The van der Waals surface area contributed by atoms with E-state index >= 15 is 0 Å². The molecule has 0 aliphatic rings. The van der Waals surface area contributed by atoms with Crippen LogP contribution in [-0.2, 0) is 17.8 Å². The molecule has 1 heterocycles. The summed E-state index contributed by atoms with van der Waals surface area (Å²) in [5.74, 6) is 0.0397. The van der Waals surface area contributed by atoms with Crippen LogP contribution in [0.3, 0.4) is 0 Å². The predicted octanol–water partition coefficient (Wildman–Crippen LogP) is 3.98. The lowest BCUT2D eigenvalue weighted by molar-refractivity contribution is -0.120. The second kappa shape index (κ2) is 7.20. The highest BCUT2D eigenvalue weighted by atomic mass is 32.1. The number of aromatic nitrogens is 1. The topological polar surface area (TPSA) is 42.0 Å². The van der Waals surface area contributed by atoms with Crippen LogP contribution in [-0.4, -0.2) is 10.9 Å². The van der Waals surface area contributed by atoms with Crippen molar-refractivity contribution in [3.05, 3.63) is 76.8 Å². The highest BCUT2D eigenvalue weighted by Gasteiger charge is 2.04. The van der Waals surface area contributed by atoms with Gasteiger partial charge in [0.1, 0.15) is 5.01 Å². The van der Waals surface area contributed by atoms with Crippen LogP contribution in [0.1, 0.15) is 16.7 Å². The first-order chi connectivity index (χ1) is 11.2. The van der Waals surface area contributed by atoms with E-state index in [1.165, 1.54) is 5.56 Å². The van der Waals surface area contributed by atoms with Crippen LogP contribution in [0.4, 0.5) is 0 Å². The third-order valence-electron chi connectivity index (χ3n) is 3.61. The van der Waals surface area contributed by atoms with Crippen LogP contribution in [0.2, 0.25) is 0 Å². The fourth-order valence-corrected chi connectivity index (χ4v) is 2.93. The zero-order chi connectivity index (χ0) is 16.1. The minimum atomic E-state index is 0.0397. The molecule has 3 rings (SSSR count). The number of nitrogens with zero attached hydrogens (tertiary/aromatic N) is 1. The van der Waals surface area contributed by atoms with Gasteiger partial charge in [-0.1, -0.05) is 54.1 Å². The standard InChI is InChI=1S/C19H18N2OS/c1-14-2-4-15(5-3-14)12-18(22)21-13-16-6-8-17(9-7-16)19-20-10-11-23-19/h2-11H,12-13H2,1H3,(H,21,22). The van der Waals surface area contributed by atoms with Crippen molar-refractivity contribution < 1.29 is 4.79 Å². The van der Waals surface area contributed by atoms with Crippen LogP contribution in [0.25, 0.3) is 10.6 Å². The molecule has 1 aromatic heterocycles. The molecule has 0 saturated carbocycles. The van der Waals surface area contributed by atoms with Gasteiger partial charge < -0.3 is 5.32 Å². The van der Waals surface area contributed by atoms with Gasteiger partial charge in [-0.2, -0.15) is 0 Å². The van der Waals surface area contributed by atoms with E-state index in [-0.39, 0.29) is 5.91 Å². The van der Waals surface area contributed by atoms with Crippen LogP contribution >= 0.6 is 11.3 Å². The molecular formula is C19H18N2OS. The van der Waals surface area contributed by atoms with Gasteiger partial charge in [0.25, 0.3) is 0 Å². The first kappa shape index (κ1) is 15.4. The van der Waals surface area contributed by atoms with Crippen molar-refractivity contribution in [2.24, 2.45) is 0 Å². The Kier molecular flexibility index (Phi) is 4.83. The molecule has 23 heavy (non-hydrogen) atoms. The molecule has 3 aromatic rings. The van der Waals surface area contributed by atoms with Crippen LogP contribution in [0.15, 0.2) is 60.1 Å². The molecule has 0 spiro atoms. The minimum absolute atomic E-state index is 0.0397. The van der Waals surface area contributed by atoms with Gasteiger partial charge in [0, 0.05) is 23.7 Å². The van der Waals surface area contributed by atoms with Crippen molar-refractivity contribution in [1.82, 2.24) is 10.3 Å². The van der Waals surface area contributed by atoms with Gasteiger partial charge in [-0.05, 0) is 18.1 Å². The monoisotopic (exact) mass is 322 g/mol. The molecule has 116 valence electrons. The van der Waals surface area contributed by atoms with Crippen LogP contribution < -0.4 is 5.32 Å². The molecule has 4 heteroatoms. The van der Waals surface area contributed by atoms with Gasteiger partial charge in [0.15, 0.2) is 0 Å². The number of amides is 1. The Bertz CT molecular complexity index is 762. The molecule has 0 aliphatic carbocycles. The third-order valence-corrected chi connectivity index (χ3v) is 4.43. The number of benzene rings is 2. The highest BCUT2D eigenvalue weighted by Crippen LogP contribution is 2.21. The number of hydrogen-bond acceptors (Lipinski definition) is 3. The second-order valence-corrected chi connectivity index (χ2v) is 6.37. The molecule has 3 nitrogen and oxygen atoms in total. The SMILES string of the molecule is Cc1ccc(CC(=O)NCc2ccc(-c3nccs3)cc2)cc1. The normalized spacial score (nSPS) is 10.5. The summed E-state index contributed by atoms with van der Waals surface area (Å²) in [6, 6.07) is 16.2. The number of aryl methyl sites for hydroxylation is 1. The molecule has 0 fully saturated rings. The van der Waals surface area contributed by atoms with Crippen molar-refractivity contribution >= 4 is 17.2 Å². The molecule has 1 amide bonds. The minimum Gasteiger partial charge on any atom is -0.352 e. The third kappa shape index (κ3) is 4.27. The second-order valence-electron chi connectivity index (χ2n) is 5.47. The van der Waals surface area contributed by atoms with E-state index < -0.39 is 0 Å². The van der Waals surface area contributed by atoms with E-state index in [2.05, 4.69) is 10.3 Å². The van der Waals surface area contributed by atoms with E-state index in [0.717, 1.165) is 21.7 Å². The largest absolute Gasteiger partial charge is 0.352 e. The summed E-state index contributed by atoms with van der Waals surface area (Å²) in [7, 11) is 0. The van der Waals surface area contributed by atoms with Gasteiger partial charge in [-0.15, -0.1) is 11.3 Å². The summed E-state index contributed by atoms with van der Waals surface area (Å²) in [6.45, 7) is 2.59. The van der Waals surface area contributed by atoms with Gasteiger partial charge in [0.2, 0.25) is 5.91 Å². The lowest BCUT2D eigenvalue weighted by Gasteiger charge is -2.06. The van der Waals surface area contributed by atoms with E-state index in [0.29, 0.717) is 13.0 Å². The Balaban J connectivity index is 1.53. The molecule has 1 N–H and O–H groups in total. The van der Waals surface area contributed by atoms with Crippen molar-refractivity contribution in [3.63, 3.8) is 0 Å². The maximum absolute atomic E-state index is 12.0. The lowest BCUT2D eigenvalue weighted by Crippen LogP contribution is -2.24. The fourth-order valence-electron chi connectivity index (χ4n) is 2.29. The van der Waals surface area contributed by atoms with Gasteiger partial charge in [-0.3, -0.25) is 4.79 Å².